The third kappa shape index (κ3) is 2.13. The van der Waals surface area contributed by atoms with E-state index in [1.54, 1.807) is 0 Å². The fraction of sp³-hybridized carbons (Fsp3) is 0.412. The smallest absolute Gasteiger partial charge is 0.134 e. The molecule has 0 spiro atoms. The van der Waals surface area contributed by atoms with E-state index >= 15 is 0 Å². The number of aromatic nitrogens is 2. The number of nitrogens with one attached hydrogen (secondary N) is 1. The summed E-state index contributed by atoms with van der Waals surface area (Å²) >= 11 is 0. The van der Waals surface area contributed by atoms with E-state index in [1.165, 1.54) is 17.5 Å². The summed E-state index contributed by atoms with van der Waals surface area (Å²) in [5.74, 6) is 3.14. The average Bonchev–Trinajstić information content (AvgIpc) is 3.12. The van der Waals surface area contributed by atoms with Crippen molar-refractivity contribution < 1.29 is 5.11 Å². The van der Waals surface area contributed by atoms with Crippen LogP contribution in [0.15, 0.2) is 30.3 Å². The number of benzene rings is 1. The van der Waals surface area contributed by atoms with E-state index in [4.69, 9.17) is 5.11 Å². The molecule has 2 aromatic rings. The highest BCUT2D eigenvalue weighted by molar-refractivity contribution is 5.57. The third-order valence-corrected chi connectivity index (χ3v) is 4.63. The lowest BCUT2D eigenvalue weighted by atomic mass is 9.99. The molecule has 4 rings (SSSR count). The van der Waals surface area contributed by atoms with Gasteiger partial charge in [0.05, 0.1) is 12.6 Å². The Labute approximate surface area is 130 Å². The zero-order valence-corrected chi connectivity index (χ0v) is 12.7. The molecule has 0 saturated carbocycles. The summed E-state index contributed by atoms with van der Waals surface area (Å²) in [6.45, 7) is 3.54. The number of nitrogens with zero attached hydrogens (tertiary/aromatic N) is 3. The van der Waals surface area contributed by atoms with Gasteiger partial charge in [0.2, 0.25) is 0 Å². The van der Waals surface area contributed by atoms with Crippen molar-refractivity contribution >= 4 is 11.6 Å². The molecule has 5 nitrogen and oxygen atoms in total. The first-order valence-electron chi connectivity index (χ1n) is 7.82. The highest BCUT2D eigenvalue weighted by Gasteiger charge is 2.42. The Balaban J connectivity index is 1.66. The average molecular weight is 296 g/mol. The van der Waals surface area contributed by atoms with E-state index < -0.39 is 0 Å². The van der Waals surface area contributed by atoms with Gasteiger partial charge < -0.3 is 15.3 Å². The normalized spacial score (nSPS) is 22.0. The molecule has 0 amide bonds. The van der Waals surface area contributed by atoms with E-state index in [9.17, 15) is 0 Å². The van der Waals surface area contributed by atoms with Crippen molar-refractivity contribution in [3.05, 3.63) is 47.3 Å². The van der Waals surface area contributed by atoms with Gasteiger partial charge in [-0.2, -0.15) is 0 Å². The molecular formula is C17H20N4O. The van der Waals surface area contributed by atoms with Crippen molar-refractivity contribution in [1.82, 2.24) is 9.97 Å². The maximum atomic E-state index is 8.96. The molecular weight excluding hydrogens is 276 g/mol. The van der Waals surface area contributed by atoms with Crippen molar-refractivity contribution in [3.63, 3.8) is 0 Å². The number of aliphatic hydroxyl groups excluding tert-OH is 1. The van der Waals surface area contributed by atoms with Crippen LogP contribution in [0.1, 0.15) is 35.3 Å². The molecule has 2 N–H and O–H groups in total. The summed E-state index contributed by atoms with van der Waals surface area (Å²) in [5.41, 5.74) is 2.95. The van der Waals surface area contributed by atoms with Crippen LogP contribution >= 0.6 is 0 Å². The molecule has 2 atom stereocenters. The SMILES string of the molecule is Cc1nc(NCCO)cc(N2C[C@H]3C[C@H]2c2ccccc23)n1. The third-order valence-electron chi connectivity index (χ3n) is 4.63. The minimum Gasteiger partial charge on any atom is -0.395 e. The van der Waals surface area contributed by atoms with Crippen LogP contribution in [0.2, 0.25) is 0 Å². The fourth-order valence-electron chi connectivity index (χ4n) is 3.77. The van der Waals surface area contributed by atoms with Crippen LogP contribution in [0.4, 0.5) is 11.6 Å². The van der Waals surface area contributed by atoms with Gasteiger partial charge in [0, 0.05) is 25.1 Å². The summed E-state index contributed by atoms with van der Waals surface area (Å²) in [7, 11) is 0. The number of hydrogen-bond acceptors (Lipinski definition) is 5. The lowest BCUT2D eigenvalue weighted by Gasteiger charge is -2.30. The second-order valence-corrected chi connectivity index (χ2v) is 6.04. The Morgan fingerprint density at radius 1 is 1.27 bits per heavy atom. The van der Waals surface area contributed by atoms with E-state index in [2.05, 4.69) is 44.5 Å². The molecule has 1 saturated heterocycles. The summed E-state index contributed by atoms with van der Waals surface area (Å²) in [6, 6.07) is 11.2. The number of anilines is 2. The fourth-order valence-corrected chi connectivity index (χ4v) is 3.77. The van der Waals surface area contributed by atoms with E-state index in [0.29, 0.717) is 18.5 Å². The predicted molar refractivity (Wildman–Crippen MR) is 86.2 cm³/mol. The van der Waals surface area contributed by atoms with Crippen LogP contribution in [0.5, 0.6) is 0 Å². The molecule has 22 heavy (non-hydrogen) atoms. The van der Waals surface area contributed by atoms with Crippen molar-refractivity contribution in [1.29, 1.82) is 0 Å². The molecule has 114 valence electrons. The monoisotopic (exact) mass is 296 g/mol. The lowest BCUT2D eigenvalue weighted by Crippen LogP contribution is -2.28. The van der Waals surface area contributed by atoms with Crippen molar-refractivity contribution in [2.75, 3.05) is 29.9 Å². The Bertz CT molecular complexity index is 703. The summed E-state index contributed by atoms with van der Waals surface area (Å²) in [4.78, 5) is 11.4. The zero-order valence-electron chi connectivity index (χ0n) is 12.7. The quantitative estimate of drug-likeness (QED) is 0.906. The van der Waals surface area contributed by atoms with Gasteiger partial charge in [-0.3, -0.25) is 0 Å². The highest BCUT2D eigenvalue weighted by atomic mass is 16.3. The van der Waals surface area contributed by atoms with Gasteiger partial charge in [0.25, 0.3) is 0 Å². The molecule has 1 aromatic heterocycles. The predicted octanol–water partition coefficient (Wildman–Crippen LogP) is 2.24. The van der Waals surface area contributed by atoms with Gasteiger partial charge in [-0.15, -0.1) is 0 Å². The number of fused-ring (bicyclic) bond motifs is 5. The van der Waals surface area contributed by atoms with Crippen LogP contribution in [0.3, 0.4) is 0 Å². The zero-order chi connectivity index (χ0) is 15.1. The lowest BCUT2D eigenvalue weighted by molar-refractivity contribution is 0.311. The topological polar surface area (TPSA) is 61.3 Å². The molecule has 1 aliphatic carbocycles. The van der Waals surface area contributed by atoms with E-state index in [1.807, 2.05) is 13.0 Å². The molecule has 1 aliphatic heterocycles. The van der Waals surface area contributed by atoms with Crippen LogP contribution < -0.4 is 10.2 Å². The van der Waals surface area contributed by atoms with Gasteiger partial charge in [0.1, 0.15) is 17.5 Å². The van der Waals surface area contributed by atoms with Crippen molar-refractivity contribution in [3.8, 4) is 0 Å². The molecule has 1 fully saturated rings. The largest absolute Gasteiger partial charge is 0.395 e. The molecule has 2 bridgehead atoms. The number of aryl methyl sites for hydroxylation is 1. The summed E-state index contributed by atoms with van der Waals surface area (Å²) < 4.78 is 0. The van der Waals surface area contributed by atoms with E-state index in [-0.39, 0.29) is 6.61 Å². The van der Waals surface area contributed by atoms with Gasteiger partial charge in [0.15, 0.2) is 0 Å². The summed E-state index contributed by atoms with van der Waals surface area (Å²) in [5, 5.41) is 12.1. The molecule has 5 heteroatoms. The minimum absolute atomic E-state index is 0.0974. The van der Waals surface area contributed by atoms with Gasteiger partial charge in [-0.1, -0.05) is 24.3 Å². The summed E-state index contributed by atoms with van der Waals surface area (Å²) in [6.07, 6.45) is 1.18. The van der Waals surface area contributed by atoms with Crippen LogP contribution in [0.25, 0.3) is 0 Å². The highest BCUT2D eigenvalue weighted by Crippen LogP contribution is 2.51. The first-order chi connectivity index (χ1) is 10.8. The Morgan fingerprint density at radius 3 is 2.91 bits per heavy atom. The van der Waals surface area contributed by atoms with Crippen LogP contribution in [-0.2, 0) is 0 Å². The van der Waals surface area contributed by atoms with Gasteiger partial charge in [-0.05, 0) is 24.5 Å². The number of aliphatic hydroxyl groups is 1. The Kier molecular flexibility index (Phi) is 3.22. The minimum atomic E-state index is 0.0974. The maximum absolute atomic E-state index is 8.96. The van der Waals surface area contributed by atoms with Crippen LogP contribution in [-0.4, -0.2) is 34.8 Å². The molecule has 1 aromatic carbocycles. The molecule has 0 unspecified atom stereocenters. The second kappa shape index (κ2) is 5.25. The van der Waals surface area contributed by atoms with Crippen molar-refractivity contribution in [2.24, 2.45) is 0 Å². The standard InChI is InChI=1S/C17H20N4O/c1-11-19-16(18-6-7-22)9-17(20-11)21-10-12-8-15(21)14-5-3-2-4-13(12)14/h2-5,9,12,15,22H,6-8,10H2,1H3,(H,18,19,20)/t12-,15+/m1/s1. The maximum Gasteiger partial charge on any atom is 0.134 e. The second-order valence-electron chi connectivity index (χ2n) is 6.04. The van der Waals surface area contributed by atoms with Crippen molar-refractivity contribution in [2.45, 2.75) is 25.3 Å². The first kappa shape index (κ1) is 13.5. The molecule has 2 aliphatic rings. The number of rotatable bonds is 4. The van der Waals surface area contributed by atoms with Gasteiger partial charge in [-0.25, -0.2) is 9.97 Å². The molecule has 2 heterocycles. The molecule has 0 radical (unpaired) electrons. The first-order valence-corrected chi connectivity index (χ1v) is 7.82. The van der Waals surface area contributed by atoms with Crippen LogP contribution in [0, 0.1) is 6.92 Å². The number of hydrogen-bond donors (Lipinski definition) is 2. The Hall–Kier alpha value is -2.14. The Morgan fingerprint density at radius 2 is 2.09 bits per heavy atom. The van der Waals surface area contributed by atoms with Gasteiger partial charge >= 0.3 is 0 Å². The van der Waals surface area contributed by atoms with E-state index in [0.717, 1.165) is 24.0 Å².